The van der Waals surface area contributed by atoms with E-state index < -0.39 is 0 Å². The number of nitrogens with zero attached hydrogens (tertiary/aromatic N) is 1. The minimum absolute atomic E-state index is 0.0673. The van der Waals surface area contributed by atoms with Gasteiger partial charge in [0.2, 0.25) is 5.91 Å². The Morgan fingerprint density at radius 3 is 2.41 bits per heavy atom. The van der Waals surface area contributed by atoms with Crippen LogP contribution in [-0.2, 0) is 4.79 Å². The van der Waals surface area contributed by atoms with Crippen LogP contribution in [0.5, 0.6) is 0 Å². The molecule has 0 atom stereocenters. The van der Waals surface area contributed by atoms with E-state index in [2.05, 4.69) is 10.6 Å². The average molecular weight is 326 g/mol. The lowest BCUT2D eigenvalue weighted by atomic mass is 10.1. The first-order valence-corrected chi connectivity index (χ1v) is 7.69. The molecular formula is C16H24ClN3O2. The van der Waals surface area contributed by atoms with E-state index in [-0.39, 0.29) is 18.0 Å². The van der Waals surface area contributed by atoms with Gasteiger partial charge in [-0.15, -0.1) is 0 Å². The van der Waals surface area contributed by atoms with Crippen molar-refractivity contribution in [3.8, 4) is 0 Å². The maximum Gasteiger partial charge on any atom is 0.315 e. The molecule has 1 rings (SSSR count). The Bertz CT molecular complexity index is 535. The highest BCUT2D eigenvalue weighted by Crippen LogP contribution is 2.30. The van der Waals surface area contributed by atoms with Gasteiger partial charge in [-0.05, 0) is 44.9 Å². The standard InChI is InChI=1S/C16H24ClN3O2/c1-10(2)19-16(22)18-6-7-20(13(5)21)15-12(4)8-11(3)9-14(15)17/h8-10H,6-7H2,1-5H3,(H2,18,19,22). The number of anilines is 1. The highest BCUT2D eigenvalue weighted by Gasteiger charge is 2.17. The summed E-state index contributed by atoms with van der Waals surface area (Å²) in [5, 5.41) is 6.01. The molecule has 0 spiro atoms. The summed E-state index contributed by atoms with van der Waals surface area (Å²) in [6, 6.07) is 3.64. The van der Waals surface area contributed by atoms with Crippen molar-refractivity contribution in [1.82, 2.24) is 10.6 Å². The molecule has 0 aromatic heterocycles. The molecule has 0 aliphatic heterocycles. The molecular weight excluding hydrogens is 302 g/mol. The molecule has 122 valence electrons. The number of hydrogen-bond acceptors (Lipinski definition) is 2. The maximum absolute atomic E-state index is 11.9. The number of amides is 3. The van der Waals surface area contributed by atoms with Gasteiger partial charge in [-0.3, -0.25) is 4.79 Å². The lowest BCUT2D eigenvalue weighted by molar-refractivity contribution is -0.116. The summed E-state index contributed by atoms with van der Waals surface area (Å²) in [5.74, 6) is -0.111. The largest absolute Gasteiger partial charge is 0.336 e. The van der Waals surface area contributed by atoms with Crippen molar-refractivity contribution in [2.75, 3.05) is 18.0 Å². The van der Waals surface area contributed by atoms with E-state index in [9.17, 15) is 9.59 Å². The van der Waals surface area contributed by atoms with Gasteiger partial charge in [0.25, 0.3) is 0 Å². The zero-order valence-corrected chi connectivity index (χ0v) is 14.5. The summed E-state index contributed by atoms with van der Waals surface area (Å²) < 4.78 is 0. The number of urea groups is 1. The fourth-order valence-electron chi connectivity index (χ4n) is 2.27. The number of rotatable bonds is 5. The first kappa shape index (κ1) is 18.3. The highest BCUT2D eigenvalue weighted by atomic mass is 35.5. The number of benzene rings is 1. The van der Waals surface area contributed by atoms with Crippen LogP contribution in [0.1, 0.15) is 31.9 Å². The van der Waals surface area contributed by atoms with Crippen LogP contribution in [0.25, 0.3) is 0 Å². The van der Waals surface area contributed by atoms with E-state index in [0.29, 0.717) is 23.8 Å². The van der Waals surface area contributed by atoms with Crippen LogP contribution in [-0.4, -0.2) is 31.1 Å². The van der Waals surface area contributed by atoms with Crippen LogP contribution in [0.2, 0.25) is 5.02 Å². The van der Waals surface area contributed by atoms with Gasteiger partial charge in [-0.1, -0.05) is 17.7 Å². The predicted octanol–water partition coefficient (Wildman–Crippen LogP) is 3.02. The summed E-state index contributed by atoms with van der Waals surface area (Å²) in [7, 11) is 0. The molecule has 6 heteroatoms. The van der Waals surface area contributed by atoms with Crippen molar-refractivity contribution in [1.29, 1.82) is 0 Å². The maximum atomic E-state index is 11.9. The summed E-state index contributed by atoms with van der Waals surface area (Å²) in [4.78, 5) is 25.1. The quantitative estimate of drug-likeness (QED) is 0.874. The lowest BCUT2D eigenvalue weighted by Crippen LogP contribution is -2.43. The van der Waals surface area contributed by atoms with Crippen LogP contribution in [0.4, 0.5) is 10.5 Å². The smallest absolute Gasteiger partial charge is 0.315 e. The molecule has 0 saturated carbocycles. The Labute approximate surface area is 137 Å². The molecule has 22 heavy (non-hydrogen) atoms. The Hall–Kier alpha value is -1.75. The van der Waals surface area contributed by atoms with Gasteiger partial charge < -0.3 is 15.5 Å². The molecule has 0 radical (unpaired) electrons. The third-order valence-corrected chi connectivity index (χ3v) is 3.38. The van der Waals surface area contributed by atoms with Crippen molar-refractivity contribution >= 4 is 29.2 Å². The minimum atomic E-state index is -0.245. The molecule has 0 aliphatic carbocycles. The summed E-state index contributed by atoms with van der Waals surface area (Å²) in [6.07, 6.45) is 0. The molecule has 0 bridgehead atoms. The van der Waals surface area contributed by atoms with Gasteiger partial charge in [-0.25, -0.2) is 4.79 Å². The zero-order chi connectivity index (χ0) is 16.9. The van der Waals surface area contributed by atoms with E-state index in [4.69, 9.17) is 11.6 Å². The van der Waals surface area contributed by atoms with Gasteiger partial charge >= 0.3 is 6.03 Å². The second-order valence-electron chi connectivity index (χ2n) is 5.64. The molecule has 0 saturated heterocycles. The fraction of sp³-hybridized carbons (Fsp3) is 0.500. The van der Waals surface area contributed by atoms with Gasteiger partial charge in [0.15, 0.2) is 0 Å². The highest BCUT2D eigenvalue weighted by molar-refractivity contribution is 6.34. The summed E-state index contributed by atoms with van der Waals surface area (Å²) in [5.41, 5.74) is 2.68. The van der Waals surface area contributed by atoms with E-state index >= 15 is 0 Å². The van der Waals surface area contributed by atoms with Crippen LogP contribution in [0.15, 0.2) is 12.1 Å². The van der Waals surface area contributed by atoms with E-state index in [1.165, 1.54) is 6.92 Å². The van der Waals surface area contributed by atoms with Gasteiger partial charge in [0, 0.05) is 26.1 Å². The molecule has 2 N–H and O–H groups in total. The van der Waals surface area contributed by atoms with Crippen molar-refractivity contribution in [2.45, 2.75) is 40.7 Å². The first-order chi connectivity index (χ1) is 10.2. The average Bonchev–Trinajstić information content (AvgIpc) is 2.34. The third kappa shape index (κ3) is 5.22. The molecule has 0 unspecified atom stereocenters. The lowest BCUT2D eigenvalue weighted by Gasteiger charge is -2.25. The van der Waals surface area contributed by atoms with Crippen molar-refractivity contribution in [3.63, 3.8) is 0 Å². The second kappa shape index (κ2) is 8.03. The van der Waals surface area contributed by atoms with Gasteiger partial charge in [0.05, 0.1) is 10.7 Å². The molecule has 1 aromatic carbocycles. The number of hydrogen-bond donors (Lipinski definition) is 2. The zero-order valence-electron chi connectivity index (χ0n) is 13.8. The molecule has 1 aromatic rings. The molecule has 3 amide bonds. The van der Waals surface area contributed by atoms with Crippen LogP contribution < -0.4 is 15.5 Å². The monoisotopic (exact) mass is 325 g/mol. The second-order valence-corrected chi connectivity index (χ2v) is 6.05. The van der Waals surface area contributed by atoms with Crippen molar-refractivity contribution in [3.05, 3.63) is 28.3 Å². The van der Waals surface area contributed by atoms with Gasteiger partial charge in [-0.2, -0.15) is 0 Å². The predicted molar refractivity (Wildman–Crippen MR) is 90.6 cm³/mol. The number of carbonyl (C=O) groups is 2. The topological polar surface area (TPSA) is 61.4 Å². The van der Waals surface area contributed by atoms with E-state index in [0.717, 1.165) is 11.1 Å². The van der Waals surface area contributed by atoms with Crippen molar-refractivity contribution < 1.29 is 9.59 Å². The molecule has 5 nitrogen and oxygen atoms in total. The number of halogens is 1. The minimum Gasteiger partial charge on any atom is -0.336 e. The van der Waals surface area contributed by atoms with Gasteiger partial charge in [0.1, 0.15) is 0 Å². The summed E-state index contributed by atoms with van der Waals surface area (Å²) >= 11 is 6.29. The SMILES string of the molecule is CC(=O)N(CCNC(=O)NC(C)C)c1c(C)cc(C)cc1Cl. The number of aryl methyl sites for hydroxylation is 2. The Balaban J connectivity index is 2.80. The Morgan fingerprint density at radius 2 is 1.91 bits per heavy atom. The third-order valence-electron chi connectivity index (χ3n) is 3.09. The fourth-order valence-corrected chi connectivity index (χ4v) is 2.69. The number of nitrogens with one attached hydrogen (secondary N) is 2. The van der Waals surface area contributed by atoms with Crippen LogP contribution >= 0.6 is 11.6 Å². The normalized spacial score (nSPS) is 10.5. The van der Waals surface area contributed by atoms with E-state index in [1.807, 2.05) is 39.8 Å². The molecule has 0 fully saturated rings. The summed E-state index contributed by atoms with van der Waals surface area (Å²) in [6.45, 7) is 9.85. The van der Waals surface area contributed by atoms with Crippen LogP contribution in [0, 0.1) is 13.8 Å². The molecule has 0 aliphatic rings. The Kier molecular flexibility index (Phi) is 6.68. The van der Waals surface area contributed by atoms with Crippen molar-refractivity contribution in [2.24, 2.45) is 0 Å². The number of carbonyl (C=O) groups excluding carboxylic acids is 2. The van der Waals surface area contributed by atoms with E-state index in [1.54, 1.807) is 4.90 Å². The molecule has 0 heterocycles. The first-order valence-electron chi connectivity index (χ1n) is 7.31. The Morgan fingerprint density at radius 1 is 1.27 bits per heavy atom. The van der Waals surface area contributed by atoms with Crippen LogP contribution in [0.3, 0.4) is 0 Å².